The molecule has 0 saturated carbocycles. The van der Waals surface area contributed by atoms with Gasteiger partial charge in [0.25, 0.3) is 0 Å². The molecule has 2 aromatic rings. The monoisotopic (exact) mass is 285 g/mol. The highest BCUT2D eigenvalue weighted by molar-refractivity contribution is 7.12. The number of hydrogen-bond acceptors (Lipinski definition) is 2. The van der Waals surface area contributed by atoms with Crippen LogP contribution in [-0.4, -0.2) is 7.05 Å². The summed E-state index contributed by atoms with van der Waals surface area (Å²) < 4.78 is 40.1. The first-order chi connectivity index (χ1) is 8.95. The van der Waals surface area contributed by atoms with Gasteiger partial charge in [-0.15, -0.1) is 11.3 Å². The summed E-state index contributed by atoms with van der Waals surface area (Å²) in [4.78, 5) is 2.00. The van der Waals surface area contributed by atoms with E-state index in [-0.39, 0.29) is 5.56 Å². The van der Waals surface area contributed by atoms with Gasteiger partial charge in [0.2, 0.25) is 0 Å². The van der Waals surface area contributed by atoms with Crippen LogP contribution in [0.4, 0.5) is 13.2 Å². The molecule has 1 aromatic heterocycles. The van der Waals surface area contributed by atoms with Crippen molar-refractivity contribution in [2.45, 2.75) is 19.9 Å². The minimum Gasteiger partial charge on any atom is -0.309 e. The normalized spacial score (nSPS) is 12.7. The number of hydrogen-bond donors (Lipinski definition) is 1. The van der Waals surface area contributed by atoms with Gasteiger partial charge in [0, 0.05) is 15.3 Å². The fourth-order valence-corrected chi connectivity index (χ4v) is 3.13. The second-order valence-electron chi connectivity index (χ2n) is 4.37. The molecule has 1 nitrogen and oxygen atoms in total. The van der Waals surface area contributed by atoms with E-state index < -0.39 is 23.5 Å². The lowest BCUT2D eigenvalue weighted by atomic mass is 10.0. The maximum atomic E-state index is 13.8. The van der Waals surface area contributed by atoms with E-state index in [1.165, 1.54) is 17.4 Å². The lowest BCUT2D eigenvalue weighted by molar-refractivity contribution is 0.435. The molecule has 0 bridgehead atoms. The molecular weight excluding hydrogens is 271 g/mol. The van der Waals surface area contributed by atoms with Crippen LogP contribution in [0.1, 0.15) is 26.9 Å². The van der Waals surface area contributed by atoms with Crippen LogP contribution in [0.2, 0.25) is 0 Å². The van der Waals surface area contributed by atoms with E-state index in [1.54, 1.807) is 7.05 Å². The van der Waals surface area contributed by atoms with Crippen LogP contribution < -0.4 is 5.32 Å². The van der Waals surface area contributed by atoms with Gasteiger partial charge in [-0.2, -0.15) is 0 Å². The zero-order valence-electron chi connectivity index (χ0n) is 10.9. The van der Waals surface area contributed by atoms with Gasteiger partial charge in [-0.3, -0.25) is 0 Å². The number of thiophene rings is 1. The van der Waals surface area contributed by atoms with E-state index >= 15 is 0 Å². The molecule has 19 heavy (non-hydrogen) atoms. The van der Waals surface area contributed by atoms with Crippen LogP contribution in [0.5, 0.6) is 0 Å². The molecule has 0 aliphatic rings. The average Bonchev–Trinajstić information content (AvgIpc) is 2.70. The van der Waals surface area contributed by atoms with Crippen LogP contribution in [0.3, 0.4) is 0 Å². The summed E-state index contributed by atoms with van der Waals surface area (Å²) in [5, 5.41) is 2.94. The van der Waals surface area contributed by atoms with Gasteiger partial charge in [-0.25, -0.2) is 13.2 Å². The van der Waals surface area contributed by atoms with Crippen molar-refractivity contribution in [2.24, 2.45) is 0 Å². The minimum atomic E-state index is -1.43. The predicted octanol–water partition coefficient (Wildman–Crippen LogP) is 4.09. The van der Waals surface area contributed by atoms with Gasteiger partial charge in [-0.1, -0.05) is 6.07 Å². The molecule has 0 fully saturated rings. The van der Waals surface area contributed by atoms with Crippen molar-refractivity contribution in [3.05, 3.63) is 56.5 Å². The highest BCUT2D eigenvalue weighted by atomic mass is 32.1. The molecule has 0 aliphatic heterocycles. The number of aryl methyl sites for hydroxylation is 2. The molecule has 1 N–H and O–H groups in total. The van der Waals surface area contributed by atoms with Crippen molar-refractivity contribution in [1.82, 2.24) is 5.32 Å². The molecular formula is C14H14F3NS. The van der Waals surface area contributed by atoms with Crippen molar-refractivity contribution in [3.8, 4) is 0 Å². The zero-order chi connectivity index (χ0) is 14.2. The Morgan fingerprint density at radius 1 is 1.11 bits per heavy atom. The molecule has 2 rings (SSSR count). The molecule has 0 saturated heterocycles. The molecule has 0 aliphatic carbocycles. The summed E-state index contributed by atoms with van der Waals surface area (Å²) in [6.45, 7) is 3.93. The fraction of sp³-hybridized carbons (Fsp3) is 0.286. The molecule has 1 aromatic carbocycles. The molecule has 5 heteroatoms. The standard InChI is InChI=1S/C14H14F3NS/c1-7-6-11(19-8(7)2)14(18-3)9-4-5-10(15)13(17)12(9)16/h4-6,14,18H,1-3H3. The van der Waals surface area contributed by atoms with Crippen LogP contribution in [0.15, 0.2) is 18.2 Å². The highest BCUT2D eigenvalue weighted by Crippen LogP contribution is 2.32. The molecule has 1 heterocycles. The lowest BCUT2D eigenvalue weighted by Gasteiger charge is -2.16. The van der Waals surface area contributed by atoms with E-state index in [0.717, 1.165) is 21.4 Å². The van der Waals surface area contributed by atoms with Crippen molar-refractivity contribution >= 4 is 11.3 Å². The van der Waals surface area contributed by atoms with Crippen LogP contribution in [0, 0.1) is 31.3 Å². The Balaban J connectivity index is 2.51. The summed E-state index contributed by atoms with van der Waals surface area (Å²) in [7, 11) is 1.66. The molecule has 1 atom stereocenters. The van der Waals surface area contributed by atoms with E-state index in [2.05, 4.69) is 5.32 Å². The Bertz CT molecular complexity index is 587. The molecule has 1 unspecified atom stereocenters. The van der Waals surface area contributed by atoms with Crippen molar-refractivity contribution in [1.29, 1.82) is 0 Å². The molecule has 102 valence electrons. The smallest absolute Gasteiger partial charge is 0.194 e. The summed E-state index contributed by atoms with van der Waals surface area (Å²) in [6.07, 6.45) is 0. The van der Waals surface area contributed by atoms with Gasteiger partial charge < -0.3 is 5.32 Å². The van der Waals surface area contributed by atoms with Crippen LogP contribution in [0.25, 0.3) is 0 Å². The van der Waals surface area contributed by atoms with E-state index in [4.69, 9.17) is 0 Å². The predicted molar refractivity (Wildman–Crippen MR) is 71.0 cm³/mol. The summed E-state index contributed by atoms with van der Waals surface area (Å²) in [6, 6.07) is 3.68. The average molecular weight is 285 g/mol. The van der Waals surface area contributed by atoms with Gasteiger partial charge in [0.1, 0.15) is 0 Å². The minimum absolute atomic E-state index is 0.114. The Morgan fingerprint density at radius 3 is 2.32 bits per heavy atom. The lowest BCUT2D eigenvalue weighted by Crippen LogP contribution is -2.18. The van der Waals surface area contributed by atoms with Crippen LogP contribution in [-0.2, 0) is 0 Å². The van der Waals surface area contributed by atoms with Crippen molar-refractivity contribution < 1.29 is 13.2 Å². The quantitative estimate of drug-likeness (QED) is 0.838. The van der Waals surface area contributed by atoms with Crippen molar-refractivity contribution in [2.75, 3.05) is 7.05 Å². The summed E-state index contributed by atoms with van der Waals surface area (Å²) >= 11 is 1.52. The van der Waals surface area contributed by atoms with Gasteiger partial charge in [0.05, 0.1) is 6.04 Å². The van der Waals surface area contributed by atoms with Crippen molar-refractivity contribution in [3.63, 3.8) is 0 Å². The highest BCUT2D eigenvalue weighted by Gasteiger charge is 2.22. The van der Waals surface area contributed by atoms with Gasteiger partial charge in [0.15, 0.2) is 17.5 Å². The topological polar surface area (TPSA) is 12.0 Å². The third-order valence-electron chi connectivity index (χ3n) is 3.13. The molecule has 0 radical (unpaired) electrons. The van der Waals surface area contributed by atoms with Gasteiger partial charge >= 0.3 is 0 Å². The van der Waals surface area contributed by atoms with E-state index in [0.29, 0.717) is 0 Å². The first-order valence-corrected chi connectivity index (χ1v) is 6.65. The second kappa shape index (κ2) is 5.35. The first-order valence-electron chi connectivity index (χ1n) is 5.83. The van der Waals surface area contributed by atoms with Crippen LogP contribution >= 0.6 is 11.3 Å². The first kappa shape index (κ1) is 14.1. The maximum absolute atomic E-state index is 13.8. The van der Waals surface area contributed by atoms with E-state index in [9.17, 15) is 13.2 Å². The third-order valence-corrected chi connectivity index (χ3v) is 4.35. The second-order valence-corrected chi connectivity index (χ2v) is 5.66. The Morgan fingerprint density at radius 2 is 1.79 bits per heavy atom. The third kappa shape index (κ3) is 2.53. The fourth-order valence-electron chi connectivity index (χ4n) is 1.96. The molecule has 0 spiro atoms. The largest absolute Gasteiger partial charge is 0.309 e. The number of rotatable bonds is 3. The van der Waals surface area contributed by atoms with Gasteiger partial charge in [-0.05, 0) is 38.6 Å². The Hall–Kier alpha value is -1.33. The number of nitrogens with one attached hydrogen (secondary N) is 1. The number of benzene rings is 1. The molecule has 0 amide bonds. The number of halogens is 3. The summed E-state index contributed by atoms with van der Waals surface area (Å²) in [5.74, 6) is -3.74. The van der Waals surface area contributed by atoms with E-state index in [1.807, 2.05) is 19.9 Å². The maximum Gasteiger partial charge on any atom is 0.194 e. The zero-order valence-corrected chi connectivity index (χ0v) is 11.7. The SMILES string of the molecule is CNC(c1cc(C)c(C)s1)c1ccc(F)c(F)c1F. The Kier molecular flexibility index (Phi) is 3.96. The summed E-state index contributed by atoms with van der Waals surface area (Å²) in [5.41, 5.74) is 1.21. The Labute approximate surface area is 114 Å².